The molecular formula is C18H17F4N5O5. The monoisotopic (exact) mass is 459 g/mol. The van der Waals surface area contributed by atoms with E-state index in [9.17, 15) is 32.3 Å². The van der Waals surface area contributed by atoms with E-state index in [4.69, 9.17) is 9.90 Å². The number of aromatic nitrogens is 3. The number of alkyl halides is 3. The number of rotatable bonds is 2. The maximum Gasteiger partial charge on any atom is 0.490 e. The van der Waals surface area contributed by atoms with Crippen molar-refractivity contribution in [2.24, 2.45) is 0 Å². The van der Waals surface area contributed by atoms with Crippen LogP contribution in [0.1, 0.15) is 28.2 Å². The predicted octanol–water partition coefficient (Wildman–Crippen LogP) is 1.52. The third-order valence-corrected chi connectivity index (χ3v) is 4.81. The second kappa shape index (κ2) is 8.80. The zero-order valence-corrected chi connectivity index (χ0v) is 16.3. The Morgan fingerprint density at radius 2 is 1.88 bits per heavy atom. The fourth-order valence-corrected chi connectivity index (χ4v) is 3.29. The van der Waals surface area contributed by atoms with Crippen LogP contribution in [0, 0.1) is 5.82 Å². The number of carbonyl (C=O) groups excluding carboxylic acids is 1. The number of aliphatic carboxylic acids is 2. The highest BCUT2D eigenvalue weighted by Crippen LogP contribution is 2.27. The first-order valence-corrected chi connectivity index (χ1v) is 9.28. The van der Waals surface area contributed by atoms with Crippen molar-refractivity contribution >= 4 is 23.8 Å². The molecule has 3 heterocycles. The van der Waals surface area contributed by atoms with E-state index in [0.717, 1.165) is 13.0 Å². The third kappa shape index (κ3) is 4.78. The van der Waals surface area contributed by atoms with E-state index in [0.29, 0.717) is 23.6 Å². The van der Waals surface area contributed by atoms with Crippen molar-refractivity contribution < 1.29 is 42.2 Å². The Bertz CT molecular complexity index is 1030. The molecule has 1 aromatic carbocycles. The highest BCUT2D eigenvalue weighted by molar-refractivity contribution is 5.94. The minimum Gasteiger partial charge on any atom is -0.480 e. The quantitative estimate of drug-likeness (QED) is 0.575. The van der Waals surface area contributed by atoms with Crippen LogP contribution in [0.25, 0.3) is 0 Å². The molecule has 32 heavy (non-hydrogen) atoms. The summed E-state index contributed by atoms with van der Waals surface area (Å²) < 4.78 is 47.3. The first kappa shape index (κ1) is 23.0. The summed E-state index contributed by atoms with van der Waals surface area (Å²) in [6.45, 7) is 1.42. The summed E-state index contributed by atoms with van der Waals surface area (Å²) in [6, 6.07) is 3.40. The van der Waals surface area contributed by atoms with Gasteiger partial charge in [0.05, 0.1) is 0 Å². The molecule has 172 valence electrons. The summed E-state index contributed by atoms with van der Waals surface area (Å²) in [6.07, 6.45) is -4.28. The molecule has 4 rings (SSSR count). The summed E-state index contributed by atoms with van der Waals surface area (Å²) in [5.41, 5.74) is 0.950. The first-order chi connectivity index (χ1) is 15.0. The van der Waals surface area contributed by atoms with Crippen LogP contribution in [0.2, 0.25) is 0 Å². The Kier molecular flexibility index (Phi) is 6.32. The molecule has 2 aromatic rings. The van der Waals surface area contributed by atoms with Crippen molar-refractivity contribution in [1.82, 2.24) is 19.7 Å². The van der Waals surface area contributed by atoms with Gasteiger partial charge in [-0.05, 0) is 23.6 Å². The highest BCUT2D eigenvalue weighted by Gasteiger charge is 2.39. The van der Waals surface area contributed by atoms with Gasteiger partial charge in [-0.15, -0.1) is 5.10 Å². The number of fused-ring (bicyclic) bond motifs is 2. The van der Waals surface area contributed by atoms with Gasteiger partial charge >= 0.3 is 18.1 Å². The molecule has 0 fully saturated rings. The van der Waals surface area contributed by atoms with E-state index >= 15 is 0 Å². The van der Waals surface area contributed by atoms with Gasteiger partial charge in [0.25, 0.3) is 5.91 Å². The van der Waals surface area contributed by atoms with E-state index in [1.165, 1.54) is 11.0 Å². The number of halogens is 4. The van der Waals surface area contributed by atoms with Crippen LogP contribution in [-0.4, -0.2) is 66.5 Å². The molecule has 0 spiro atoms. The topological polar surface area (TPSA) is 138 Å². The second-order valence-corrected chi connectivity index (χ2v) is 6.93. The van der Waals surface area contributed by atoms with Crippen LogP contribution in [-0.2, 0) is 29.1 Å². The van der Waals surface area contributed by atoms with Gasteiger partial charge in [-0.2, -0.15) is 18.2 Å². The van der Waals surface area contributed by atoms with Gasteiger partial charge in [0.1, 0.15) is 11.9 Å². The molecule has 0 aliphatic carbocycles. The zero-order chi connectivity index (χ0) is 23.6. The lowest BCUT2D eigenvalue weighted by molar-refractivity contribution is -0.192. The summed E-state index contributed by atoms with van der Waals surface area (Å²) in [5.74, 6) is -4.49. The average molecular weight is 459 g/mol. The number of hydrogen-bond acceptors (Lipinski definition) is 6. The van der Waals surface area contributed by atoms with Crippen molar-refractivity contribution in [3.05, 3.63) is 41.0 Å². The number of carboxylic acid groups (broad SMARTS) is 2. The van der Waals surface area contributed by atoms with Gasteiger partial charge in [0.2, 0.25) is 11.8 Å². The minimum atomic E-state index is -5.08. The van der Waals surface area contributed by atoms with Gasteiger partial charge in [-0.3, -0.25) is 4.79 Å². The van der Waals surface area contributed by atoms with E-state index in [1.54, 1.807) is 16.8 Å². The molecule has 2 aliphatic rings. The van der Waals surface area contributed by atoms with Gasteiger partial charge in [0.15, 0.2) is 0 Å². The van der Waals surface area contributed by atoms with Gasteiger partial charge in [-0.25, -0.2) is 18.7 Å². The number of benzene rings is 1. The molecule has 1 aromatic heterocycles. The number of nitrogens with one attached hydrogen (secondary N) is 1. The van der Waals surface area contributed by atoms with E-state index < -0.39 is 35.9 Å². The fourth-order valence-electron chi connectivity index (χ4n) is 3.29. The van der Waals surface area contributed by atoms with E-state index in [-0.39, 0.29) is 18.8 Å². The number of nitrogens with zero attached hydrogens (tertiary/aromatic N) is 4. The first-order valence-electron chi connectivity index (χ1n) is 9.28. The lowest BCUT2D eigenvalue weighted by Gasteiger charge is -2.33. The van der Waals surface area contributed by atoms with Crippen LogP contribution in [0.5, 0.6) is 0 Å². The standard InChI is InChI=1S/C16H16FN5O3.C2HF3O2/c17-11-4-1-3-9-8-21(12(15(24)25)7-10(9)11)14(23)13-19-16-18-5-2-6-22(16)20-13;3-2(4,5)1(6)7/h1,3-4,12H,2,5-8H2,(H,24,25)(H,18,19,20);(H,6,7). The molecule has 0 saturated carbocycles. The van der Waals surface area contributed by atoms with Gasteiger partial charge < -0.3 is 20.4 Å². The third-order valence-electron chi connectivity index (χ3n) is 4.81. The molecule has 0 radical (unpaired) electrons. The molecular weight excluding hydrogens is 442 g/mol. The number of carboxylic acids is 2. The Morgan fingerprint density at radius 3 is 2.47 bits per heavy atom. The lowest BCUT2D eigenvalue weighted by atomic mass is 9.93. The number of hydrogen-bond donors (Lipinski definition) is 3. The van der Waals surface area contributed by atoms with Crippen molar-refractivity contribution in [1.29, 1.82) is 0 Å². The molecule has 1 amide bonds. The SMILES string of the molecule is O=C(O)C(F)(F)F.O=C(O)C1Cc2c(F)cccc2CN1C(=O)c1nc2n(n1)CCCN2. The number of carbonyl (C=O) groups is 3. The Hall–Kier alpha value is -3.71. The summed E-state index contributed by atoms with van der Waals surface area (Å²) in [5, 5.41) is 23.9. The molecule has 10 nitrogen and oxygen atoms in total. The van der Waals surface area contributed by atoms with Crippen LogP contribution >= 0.6 is 0 Å². The van der Waals surface area contributed by atoms with E-state index in [1.807, 2.05) is 0 Å². The van der Waals surface area contributed by atoms with Crippen LogP contribution < -0.4 is 5.32 Å². The van der Waals surface area contributed by atoms with Gasteiger partial charge in [0, 0.05) is 26.1 Å². The normalized spacial score (nSPS) is 17.2. The van der Waals surface area contributed by atoms with Crippen LogP contribution in [0.15, 0.2) is 18.2 Å². The molecule has 3 N–H and O–H groups in total. The minimum absolute atomic E-state index is 0.0141. The summed E-state index contributed by atoms with van der Waals surface area (Å²) >= 11 is 0. The molecule has 0 saturated heterocycles. The largest absolute Gasteiger partial charge is 0.490 e. The van der Waals surface area contributed by atoms with Crippen molar-refractivity contribution in [2.45, 2.75) is 38.1 Å². The fraction of sp³-hybridized carbons (Fsp3) is 0.389. The van der Waals surface area contributed by atoms with Crippen molar-refractivity contribution in [3.8, 4) is 0 Å². The Labute approximate surface area is 177 Å². The van der Waals surface area contributed by atoms with Gasteiger partial charge in [-0.1, -0.05) is 12.1 Å². The highest BCUT2D eigenvalue weighted by atomic mass is 19.4. The molecule has 1 atom stereocenters. The van der Waals surface area contributed by atoms with Crippen LogP contribution in [0.3, 0.4) is 0 Å². The number of anilines is 1. The molecule has 0 bridgehead atoms. The zero-order valence-electron chi connectivity index (χ0n) is 16.3. The van der Waals surface area contributed by atoms with Crippen LogP contribution in [0.4, 0.5) is 23.5 Å². The maximum absolute atomic E-state index is 14.0. The van der Waals surface area contributed by atoms with E-state index in [2.05, 4.69) is 15.4 Å². The smallest absolute Gasteiger partial charge is 0.480 e. The Morgan fingerprint density at radius 1 is 1.19 bits per heavy atom. The number of amides is 1. The Balaban J connectivity index is 0.000000360. The summed E-state index contributed by atoms with van der Waals surface area (Å²) in [4.78, 5) is 38.7. The van der Waals surface area contributed by atoms with Crippen molar-refractivity contribution in [2.75, 3.05) is 11.9 Å². The summed E-state index contributed by atoms with van der Waals surface area (Å²) in [7, 11) is 0. The second-order valence-electron chi connectivity index (χ2n) is 6.93. The average Bonchev–Trinajstić information content (AvgIpc) is 3.16. The maximum atomic E-state index is 14.0. The van der Waals surface area contributed by atoms with Crippen molar-refractivity contribution in [3.63, 3.8) is 0 Å². The molecule has 14 heteroatoms. The predicted molar refractivity (Wildman–Crippen MR) is 98.2 cm³/mol. The lowest BCUT2D eigenvalue weighted by Crippen LogP contribution is -2.49. The molecule has 2 aliphatic heterocycles. The number of aryl methyl sites for hydroxylation is 1. The molecule has 1 unspecified atom stereocenters.